The van der Waals surface area contributed by atoms with Crippen LogP contribution in [0.1, 0.15) is 37.3 Å². The summed E-state index contributed by atoms with van der Waals surface area (Å²) in [6.45, 7) is 1.37. The number of amides is 1. The molecule has 6 heteroatoms. The smallest absolute Gasteiger partial charge is 0.233 e. The highest BCUT2D eigenvalue weighted by molar-refractivity contribution is 6.30. The van der Waals surface area contributed by atoms with Gasteiger partial charge in [-0.15, -0.1) is 5.10 Å². The highest BCUT2D eigenvalue weighted by Gasteiger charge is 2.48. The number of hydrogen-bond acceptors (Lipinski definition) is 3. The number of hydrogen-bond donors (Lipinski definition) is 0. The molecule has 0 radical (unpaired) electrons. The van der Waals surface area contributed by atoms with Gasteiger partial charge in [0.15, 0.2) is 0 Å². The first-order valence-electron chi connectivity index (χ1n) is 10.2. The number of likely N-dealkylation sites (tertiary alicyclic amines) is 1. The van der Waals surface area contributed by atoms with Crippen molar-refractivity contribution in [2.75, 3.05) is 13.1 Å². The van der Waals surface area contributed by atoms with Gasteiger partial charge in [-0.1, -0.05) is 72.1 Å². The Bertz CT molecular complexity index is 1000. The zero-order chi connectivity index (χ0) is 19.8. The molecule has 2 heterocycles. The quantitative estimate of drug-likeness (QED) is 0.641. The van der Waals surface area contributed by atoms with Gasteiger partial charge in [-0.05, 0) is 30.5 Å². The minimum Gasteiger partial charge on any atom is -0.337 e. The summed E-state index contributed by atoms with van der Waals surface area (Å²) in [6, 6.07) is 18.1. The van der Waals surface area contributed by atoms with Gasteiger partial charge >= 0.3 is 0 Å². The summed E-state index contributed by atoms with van der Waals surface area (Å²) in [5.74, 6) is 0.247. The third kappa shape index (κ3) is 3.23. The SMILES string of the molecule is O=C(N1CC(n2cc(-c3ccccc3)nn2)C1)C1(c2ccc(Cl)cc2)CCCC1. The molecular weight excluding hydrogens is 384 g/mol. The Labute approximate surface area is 175 Å². The van der Waals surface area contributed by atoms with E-state index in [-0.39, 0.29) is 11.9 Å². The normalized spacial score (nSPS) is 18.6. The van der Waals surface area contributed by atoms with Crippen molar-refractivity contribution in [1.29, 1.82) is 0 Å². The third-order valence-electron chi connectivity index (χ3n) is 6.37. The number of benzene rings is 2. The second-order valence-electron chi connectivity index (χ2n) is 8.11. The van der Waals surface area contributed by atoms with E-state index < -0.39 is 5.41 Å². The summed E-state index contributed by atoms with van der Waals surface area (Å²) in [7, 11) is 0. The minimum absolute atomic E-state index is 0.188. The van der Waals surface area contributed by atoms with Crippen molar-refractivity contribution in [2.24, 2.45) is 0 Å². The molecule has 0 N–H and O–H groups in total. The first-order valence-corrected chi connectivity index (χ1v) is 10.6. The summed E-state index contributed by atoms with van der Waals surface area (Å²) in [5.41, 5.74) is 2.62. The van der Waals surface area contributed by atoms with E-state index in [4.69, 9.17) is 11.6 Å². The lowest BCUT2D eigenvalue weighted by Gasteiger charge is -2.44. The molecule has 1 aromatic heterocycles. The summed E-state index contributed by atoms with van der Waals surface area (Å²) in [4.78, 5) is 15.5. The first kappa shape index (κ1) is 18.4. The maximum absolute atomic E-state index is 13.5. The van der Waals surface area contributed by atoms with Gasteiger partial charge in [0.2, 0.25) is 5.91 Å². The highest BCUT2D eigenvalue weighted by Crippen LogP contribution is 2.44. The highest BCUT2D eigenvalue weighted by atomic mass is 35.5. The van der Waals surface area contributed by atoms with Crippen molar-refractivity contribution < 1.29 is 4.79 Å². The Morgan fingerprint density at radius 3 is 2.38 bits per heavy atom. The van der Waals surface area contributed by atoms with Gasteiger partial charge in [-0.2, -0.15) is 0 Å². The lowest BCUT2D eigenvalue weighted by atomic mass is 9.77. The number of rotatable bonds is 4. The fourth-order valence-electron chi connectivity index (χ4n) is 4.66. The van der Waals surface area contributed by atoms with E-state index in [9.17, 15) is 4.79 Å². The molecule has 0 unspecified atom stereocenters. The number of carbonyl (C=O) groups excluding carboxylic acids is 1. The number of carbonyl (C=O) groups is 1. The molecule has 1 aliphatic carbocycles. The van der Waals surface area contributed by atoms with E-state index in [0.29, 0.717) is 18.1 Å². The zero-order valence-electron chi connectivity index (χ0n) is 16.2. The maximum atomic E-state index is 13.5. The Hall–Kier alpha value is -2.66. The first-order chi connectivity index (χ1) is 14.2. The predicted octanol–water partition coefficient (Wildman–Crippen LogP) is 4.49. The molecule has 2 fully saturated rings. The monoisotopic (exact) mass is 406 g/mol. The standard InChI is InChI=1S/C23H23ClN4O/c24-19-10-8-18(9-11-19)23(12-4-5-13-23)22(29)27-14-20(15-27)28-16-21(25-26-28)17-6-2-1-3-7-17/h1-3,6-11,16,20H,4-5,12-15H2. The molecule has 2 aliphatic rings. The molecule has 5 nitrogen and oxygen atoms in total. The topological polar surface area (TPSA) is 51.0 Å². The molecule has 2 aromatic carbocycles. The average molecular weight is 407 g/mol. The van der Waals surface area contributed by atoms with Crippen LogP contribution in [0.5, 0.6) is 0 Å². The average Bonchev–Trinajstić information content (AvgIpc) is 3.39. The van der Waals surface area contributed by atoms with Gasteiger partial charge < -0.3 is 4.90 Å². The van der Waals surface area contributed by atoms with Crippen molar-refractivity contribution >= 4 is 17.5 Å². The molecule has 5 rings (SSSR count). The van der Waals surface area contributed by atoms with Gasteiger partial charge in [-0.25, -0.2) is 4.68 Å². The molecular formula is C23H23ClN4O. The Morgan fingerprint density at radius 2 is 1.69 bits per heavy atom. The van der Waals surface area contributed by atoms with Crippen LogP contribution < -0.4 is 0 Å². The van der Waals surface area contributed by atoms with Crippen LogP contribution in [0.25, 0.3) is 11.3 Å². The molecule has 148 valence electrons. The van der Waals surface area contributed by atoms with Gasteiger partial charge in [-0.3, -0.25) is 4.79 Å². The van der Waals surface area contributed by atoms with Crippen LogP contribution in [0.3, 0.4) is 0 Å². The van der Waals surface area contributed by atoms with Crippen LogP contribution in [-0.2, 0) is 10.2 Å². The largest absolute Gasteiger partial charge is 0.337 e. The van der Waals surface area contributed by atoms with Crippen molar-refractivity contribution in [3.8, 4) is 11.3 Å². The third-order valence-corrected chi connectivity index (χ3v) is 6.62. The number of halogens is 1. The molecule has 1 amide bonds. The van der Waals surface area contributed by atoms with Crippen LogP contribution in [0.2, 0.25) is 5.02 Å². The Morgan fingerprint density at radius 1 is 1.00 bits per heavy atom. The number of nitrogens with zero attached hydrogens (tertiary/aromatic N) is 4. The van der Waals surface area contributed by atoms with Gasteiger partial charge in [0.1, 0.15) is 5.69 Å². The van der Waals surface area contributed by atoms with Crippen LogP contribution >= 0.6 is 11.6 Å². The summed E-state index contributed by atoms with van der Waals surface area (Å²) in [6.07, 6.45) is 5.99. The zero-order valence-corrected chi connectivity index (χ0v) is 16.9. The van der Waals surface area contributed by atoms with Gasteiger partial charge in [0.25, 0.3) is 0 Å². The minimum atomic E-state index is -0.396. The van der Waals surface area contributed by atoms with Crippen molar-refractivity contribution in [3.05, 3.63) is 71.4 Å². The van der Waals surface area contributed by atoms with Crippen LogP contribution in [0, 0.1) is 0 Å². The molecule has 0 atom stereocenters. The van der Waals surface area contributed by atoms with Crippen molar-refractivity contribution in [2.45, 2.75) is 37.1 Å². The van der Waals surface area contributed by atoms with E-state index in [2.05, 4.69) is 10.3 Å². The fraction of sp³-hybridized carbons (Fsp3) is 0.348. The molecule has 29 heavy (non-hydrogen) atoms. The lowest BCUT2D eigenvalue weighted by Crippen LogP contribution is -2.56. The second kappa shape index (κ2) is 7.30. The van der Waals surface area contributed by atoms with E-state index in [1.807, 2.05) is 70.4 Å². The molecule has 1 saturated carbocycles. The molecule has 0 spiro atoms. The molecule has 0 bridgehead atoms. The number of aromatic nitrogens is 3. The Balaban J connectivity index is 1.30. The van der Waals surface area contributed by atoms with Crippen LogP contribution in [0.4, 0.5) is 0 Å². The van der Waals surface area contributed by atoms with E-state index >= 15 is 0 Å². The van der Waals surface area contributed by atoms with Crippen molar-refractivity contribution in [3.63, 3.8) is 0 Å². The fourth-order valence-corrected chi connectivity index (χ4v) is 4.79. The van der Waals surface area contributed by atoms with Gasteiger partial charge in [0, 0.05) is 23.7 Å². The lowest BCUT2D eigenvalue weighted by molar-refractivity contribution is -0.143. The summed E-state index contributed by atoms with van der Waals surface area (Å²) < 4.78 is 1.90. The Kier molecular flexibility index (Phi) is 4.63. The van der Waals surface area contributed by atoms with Gasteiger partial charge in [0.05, 0.1) is 17.7 Å². The molecule has 1 saturated heterocycles. The maximum Gasteiger partial charge on any atom is 0.233 e. The van der Waals surface area contributed by atoms with Crippen molar-refractivity contribution in [1.82, 2.24) is 19.9 Å². The second-order valence-corrected chi connectivity index (χ2v) is 8.55. The van der Waals surface area contributed by atoms with E-state index in [1.165, 1.54) is 0 Å². The van der Waals surface area contributed by atoms with E-state index in [0.717, 1.165) is 42.5 Å². The van der Waals surface area contributed by atoms with E-state index in [1.54, 1.807) is 0 Å². The summed E-state index contributed by atoms with van der Waals surface area (Å²) >= 11 is 6.07. The van der Waals surface area contributed by atoms with Crippen LogP contribution in [0.15, 0.2) is 60.8 Å². The summed E-state index contributed by atoms with van der Waals surface area (Å²) in [5, 5.41) is 9.32. The van der Waals surface area contributed by atoms with Crippen LogP contribution in [-0.4, -0.2) is 38.9 Å². The molecule has 1 aliphatic heterocycles. The predicted molar refractivity (Wildman–Crippen MR) is 113 cm³/mol. The molecule has 3 aromatic rings.